The largest absolute Gasteiger partial charge is 0.480 e. The lowest BCUT2D eigenvalue weighted by Gasteiger charge is -2.17. The molecule has 1 unspecified atom stereocenters. The summed E-state index contributed by atoms with van der Waals surface area (Å²) in [6, 6.07) is -0.509. The monoisotopic (exact) mass is 225 g/mol. The van der Waals surface area contributed by atoms with Gasteiger partial charge in [0.1, 0.15) is 6.04 Å². The Balaban J connectivity index is 2.52. The minimum atomic E-state index is -0.808. The predicted octanol–water partition coefficient (Wildman–Crippen LogP) is 1.10. The number of hydrogen-bond acceptors (Lipinski definition) is 3. The zero-order chi connectivity index (χ0) is 12.1. The molecule has 1 aromatic heterocycles. The minimum Gasteiger partial charge on any atom is -0.480 e. The number of carboxylic acids is 1. The number of nitrogens with one attached hydrogen (secondary N) is 1. The fraction of sp³-hybridized carbons (Fsp3) is 0.636. The summed E-state index contributed by atoms with van der Waals surface area (Å²) in [5.41, 5.74) is 1.01. The molecule has 0 bridgehead atoms. The van der Waals surface area contributed by atoms with Crippen LogP contribution in [0.2, 0.25) is 0 Å². The Morgan fingerprint density at radius 1 is 1.62 bits per heavy atom. The third kappa shape index (κ3) is 3.34. The molecule has 1 aromatic rings. The van der Waals surface area contributed by atoms with Crippen molar-refractivity contribution in [3.8, 4) is 0 Å². The van der Waals surface area contributed by atoms with Gasteiger partial charge < -0.3 is 5.11 Å². The topological polar surface area (TPSA) is 67.2 Å². The maximum absolute atomic E-state index is 10.9. The Labute approximate surface area is 95.5 Å². The van der Waals surface area contributed by atoms with Crippen LogP contribution in [-0.2, 0) is 17.9 Å². The quantitative estimate of drug-likeness (QED) is 0.761. The number of aromatic nitrogens is 2. The highest BCUT2D eigenvalue weighted by Gasteiger charge is 2.20. The lowest BCUT2D eigenvalue weighted by Crippen LogP contribution is -2.40. The molecule has 1 atom stereocenters. The van der Waals surface area contributed by atoms with Gasteiger partial charge in [-0.3, -0.25) is 14.8 Å². The summed E-state index contributed by atoms with van der Waals surface area (Å²) in [6.07, 6.45) is 3.68. The number of carbonyl (C=O) groups is 1. The molecule has 0 spiro atoms. The maximum Gasteiger partial charge on any atom is 0.320 e. The van der Waals surface area contributed by atoms with Crippen LogP contribution < -0.4 is 5.32 Å². The third-order valence-electron chi connectivity index (χ3n) is 2.47. The molecule has 0 aromatic carbocycles. The van der Waals surface area contributed by atoms with Crippen molar-refractivity contribution in [2.45, 2.75) is 39.9 Å². The molecule has 0 amide bonds. The molecule has 0 saturated heterocycles. The molecule has 0 aliphatic rings. The fourth-order valence-electron chi connectivity index (χ4n) is 1.51. The number of aryl methyl sites for hydroxylation is 1. The Hall–Kier alpha value is -1.36. The van der Waals surface area contributed by atoms with Crippen LogP contribution in [-0.4, -0.2) is 26.9 Å². The van der Waals surface area contributed by atoms with E-state index in [0.29, 0.717) is 6.54 Å². The van der Waals surface area contributed by atoms with Gasteiger partial charge in [-0.1, -0.05) is 13.8 Å². The van der Waals surface area contributed by atoms with Gasteiger partial charge in [0.15, 0.2) is 0 Å². The first kappa shape index (κ1) is 12.7. The molecule has 5 nitrogen and oxygen atoms in total. The molecule has 5 heteroatoms. The fourth-order valence-corrected chi connectivity index (χ4v) is 1.51. The van der Waals surface area contributed by atoms with E-state index in [9.17, 15) is 4.79 Å². The van der Waals surface area contributed by atoms with Gasteiger partial charge in [0.2, 0.25) is 0 Å². The van der Waals surface area contributed by atoms with E-state index in [0.717, 1.165) is 12.1 Å². The van der Waals surface area contributed by atoms with Gasteiger partial charge in [0.05, 0.1) is 6.20 Å². The van der Waals surface area contributed by atoms with Gasteiger partial charge in [0, 0.05) is 24.8 Å². The van der Waals surface area contributed by atoms with Crippen molar-refractivity contribution >= 4 is 5.97 Å². The molecule has 16 heavy (non-hydrogen) atoms. The van der Waals surface area contributed by atoms with Gasteiger partial charge in [-0.05, 0) is 12.8 Å². The Kier molecular flexibility index (Phi) is 4.49. The minimum absolute atomic E-state index is 0.0683. The molecule has 0 aliphatic heterocycles. The number of nitrogens with zero attached hydrogens (tertiary/aromatic N) is 2. The first-order valence-electron chi connectivity index (χ1n) is 5.52. The van der Waals surface area contributed by atoms with Crippen molar-refractivity contribution in [2.24, 2.45) is 5.92 Å². The van der Waals surface area contributed by atoms with Gasteiger partial charge in [-0.15, -0.1) is 0 Å². The normalized spacial score (nSPS) is 13.0. The lowest BCUT2D eigenvalue weighted by molar-refractivity contribution is -0.140. The van der Waals surface area contributed by atoms with Crippen molar-refractivity contribution in [1.29, 1.82) is 0 Å². The second kappa shape index (κ2) is 5.65. The number of hydrogen-bond donors (Lipinski definition) is 2. The van der Waals surface area contributed by atoms with E-state index >= 15 is 0 Å². The number of rotatable bonds is 6. The van der Waals surface area contributed by atoms with Crippen LogP contribution in [0.5, 0.6) is 0 Å². The molecule has 0 radical (unpaired) electrons. The summed E-state index contributed by atoms with van der Waals surface area (Å²) in [6.45, 7) is 7.16. The molecule has 0 saturated carbocycles. The second-order valence-corrected chi connectivity index (χ2v) is 4.15. The highest BCUT2D eigenvalue weighted by Crippen LogP contribution is 2.04. The van der Waals surface area contributed by atoms with Gasteiger partial charge in [-0.2, -0.15) is 5.10 Å². The SMILES string of the molecule is CCn1cc(CNC(C(=O)O)C(C)C)cn1. The maximum atomic E-state index is 10.9. The molecule has 90 valence electrons. The number of aliphatic carboxylic acids is 1. The molecule has 1 rings (SSSR count). The molecular weight excluding hydrogens is 206 g/mol. The number of carboxylic acid groups (broad SMARTS) is 1. The molecular formula is C11H19N3O2. The van der Waals surface area contributed by atoms with Crippen LogP contribution in [0.15, 0.2) is 12.4 Å². The summed E-state index contributed by atoms with van der Waals surface area (Å²) in [4.78, 5) is 10.9. The van der Waals surface area contributed by atoms with Crippen LogP contribution in [0.25, 0.3) is 0 Å². The third-order valence-corrected chi connectivity index (χ3v) is 2.47. The smallest absolute Gasteiger partial charge is 0.320 e. The van der Waals surface area contributed by atoms with E-state index in [1.54, 1.807) is 6.20 Å². The summed E-state index contributed by atoms with van der Waals surface area (Å²) in [7, 11) is 0. The Morgan fingerprint density at radius 3 is 2.75 bits per heavy atom. The predicted molar refractivity (Wildman–Crippen MR) is 61.0 cm³/mol. The summed E-state index contributed by atoms with van der Waals surface area (Å²) < 4.78 is 1.82. The van der Waals surface area contributed by atoms with E-state index in [1.807, 2.05) is 31.6 Å². The van der Waals surface area contributed by atoms with Crippen LogP contribution in [0.3, 0.4) is 0 Å². The van der Waals surface area contributed by atoms with E-state index < -0.39 is 12.0 Å². The zero-order valence-electron chi connectivity index (χ0n) is 9.97. The van der Waals surface area contributed by atoms with E-state index in [1.165, 1.54) is 0 Å². The lowest BCUT2D eigenvalue weighted by atomic mass is 10.0. The Bertz CT molecular complexity index is 347. The van der Waals surface area contributed by atoms with Crippen molar-refractivity contribution in [2.75, 3.05) is 0 Å². The van der Waals surface area contributed by atoms with Crippen LogP contribution in [0.1, 0.15) is 26.3 Å². The summed E-state index contributed by atoms with van der Waals surface area (Å²) >= 11 is 0. The van der Waals surface area contributed by atoms with Crippen LogP contribution >= 0.6 is 0 Å². The van der Waals surface area contributed by atoms with E-state index in [-0.39, 0.29) is 5.92 Å². The van der Waals surface area contributed by atoms with Gasteiger partial charge in [0.25, 0.3) is 0 Å². The average Bonchev–Trinajstić information content (AvgIpc) is 2.65. The van der Waals surface area contributed by atoms with Crippen molar-refractivity contribution in [3.05, 3.63) is 18.0 Å². The average molecular weight is 225 g/mol. The zero-order valence-corrected chi connectivity index (χ0v) is 9.97. The molecule has 1 heterocycles. The summed E-state index contributed by atoms with van der Waals surface area (Å²) in [5.74, 6) is -0.739. The van der Waals surface area contributed by atoms with Crippen molar-refractivity contribution < 1.29 is 9.90 Å². The standard InChI is InChI=1S/C11H19N3O2/c1-4-14-7-9(6-13-14)5-12-10(8(2)3)11(15)16/h6-8,10,12H,4-5H2,1-3H3,(H,15,16). The highest BCUT2D eigenvalue weighted by atomic mass is 16.4. The molecule has 2 N–H and O–H groups in total. The second-order valence-electron chi connectivity index (χ2n) is 4.15. The van der Waals surface area contributed by atoms with Crippen LogP contribution in [0.4, 0.5) is 0 Å². The first-order valence-corrected chi connectivity index (χ1v) is 5.52. The summed E-state index contributed by atoms with van der Waals surface area (Å²) in [5, 5.41) is 16.1. The first-order chi connectivity index (χ1) is 7.54. The van der Waals surface area contributed by atoms with Crippen molar-refractivity contribution in [3.63, 3.8) is 0 Å². The van der Waals surface area contributed by atoms with E-state index in [2.05, 4.69) is 10.4 Å². The van der Waals surface area contributed by atoms with Gasteiger partial charge >= 0.3 is 5.97 Å². The van der Waals surface area contributed by atoms with E-state index in [4.69, 9.17) is 5.11 Å². The van der Waals surface area contributed by atoms with Gasteiger partial charge in [-0.25, -0.2) is 0 Å². The molecule has 0 fully saturated rings. The van der Waals surface area contributed by atoms with Crippen LogP contribution in [0, 0.1) is 5.92 Å². The Morgan fingerprint density at radius 2 is 2.31 bits per heavy atom. The van der Waals surface area contributed by atoms with Crippen molar-refractivity contribution in [1.82, 2.24) is 15.1 Å². The molecule has 0 aliphatic carbocycles. The highest BCUT2D eigenvalue weighted by molar-refractivity contribution is 5.73.